The molecule has 2 aliphatic rings. The molecular formula is C14H30BN3. The summed E-state index contributed by atoms with van der Waals surface area (Å²) in [6, 6.07) is 0.852. The molecule has 2 fully saturated rings. The van der Waals surface area contributed by atoms with Crippen LogP contribution in [0.5, 0.6) is 0 Å². The minimum absolute atomic E-state index is 0.507. The number of rotatable bonds is 4. The fourth-order valence-electron chi connectivity index (χ4n) is 3.97. The van der Waals surface area contributed by atoms with E-state index in [4.69, 9.17) is 0 Å². The molecule has 0 bridgehead atoms. The van der Waals surface area contributed by atoms with Crippen LogP contribution in [0.4, 0.5) is 0 Å². The summed E-state index contributed by atoms with van der Waals surface area (Å²) in [5.41, 5.74) is 0.507. The Labute approximate surface area is 113 Å². The Balaban J connectivity index is 1.86. The van der Waals surface area contributed by atoms with Gasteiger partial charge in [0, 0.05) is 6.04 Å². The molecule has 104 valence electrons. The predicted molar refractivity (Wildman–Crippen MR) is 80.7 cm³/mol. The van der Waals surface area contributed by atoms with E-state index in [0.717, 1.165) is 6.04 Å². The van der Waals surface area contributed by atoms with Crippen LogP contribution in [0.2, 0.25) is 6.82 Å². The normalized spacial score (nSPS) is 27.9. The second kappa shape index (κ2) is 6.40. The van der Waals surface area contributed by atoms with Crippen LogP contribution < -0.4 is 10.6 Å². The van der Waals surface area contributed by atoms with Crippen LogP contribution in [-0.4, -0.2) is 57.4 Å². The fourth-order valence-corrected chi connectivity index (χ4v) is 3.97. The molecule has 2 rings (SSSR count). The van der Waals surface area contributed by atoms with Gasteiger partial charge in [-0.1, -0.05) is 13.7 Å². The van der Waals surface area contributed by atoms with Crippen LogP contribution >= 0.6 is 0 Å². The Morgan fingerprint density at radius 3 is 2.39 bits per heavy atom. The van der Waals surface area contributed by atoms with E-state index in [2.05, 4.69) is 36.3 Å². The highest BCUT2D eigenvalue weighted by molar-refractivity contribution is 6.36. The molecule has 2 heterocycles. The summed E-state index contributed by atoms with van der Waals surface area (Å²) in [6.45, 7) is 9.83. The Bertz CT molecular complexity index is 241. The highest BCUT2D eigenvalue weighted by Crippen LogP contribution is 2.35. The van der Waals surface area contributed by atoms with Gasteiger partial charge in [0.2, 0.25) is 0 Å². The number of piperidine rings is 2. The van der Waals surface area contributed by atoms with Gasteiger partial charge in [-0.05, 0) is 70.3 Å². The van der Waals surface area contributed by atoms with Crippen molar-refractivity contribution in [1.82, 2.24) is 15.5 Å². The maximum absolute atomic E-state index is 3.53. The third kappa shape index (κ3) is 3.09. The van der Waals surface area contributed by atoms with Crippen LogP contribution in [0.3, 0.4) is 0 Å². The lowest BCUT2D eigenvalue weighted by Crippen LogP contribution is -2.54. The zero-order valence-corrected chi connectivity index (χ0v) is 12.5. The summed E-state index contributed by atoms with van der Waals surface area (Å²) < 4.78 is 0. The highest BCUT2D eigenvalue weighted by Gasteiger charge is 2.37. The molecule has 0 spiro atoms. The summed E-state index contributed by atoms with van der Waals surface area (Å²) in [5, 5.41) is 7.00. The molecule has 0 radical (unpaired) electrons. The van der Waals surface area contributed by atoms with Crippen LogP contribution in [0.15, 0.2) is 0 Å². The van der Waals surface area contributed by atoms with Gasteiger partial charge in [-0.2, -0.15) is 0 Å². The van der Waals surface area contributed by atoms with Crippen molar-refractivity contribution in [2.24, 2.45) is 5.41 Å². The smallest absolute Gasteiger partial charge is 0.139 e. The average Bonchev–Trinajstić information content (AvgIpc) is 2.42. The quantitative estimate of drug-likeness (QED) is 0.726. The number of nitrogens with zero attached hydrogens (tertiary/aromatic N) is 1. The van der Waals surface area contributed by atoms with Gasteiger partial charge in [-0.25, -0.2) is 0 Å². The van der Waals surface area contributed by atoms with Gasteiger partial charge in [0.25, 0.3) is 0 Å². The molecule has 0 saturated carbocycles. The van der Waals surface area contributed by atoms with E-state index in [1.54, 1.807) is 0 Å². The van der Waals surface area contributed by atoms with Crippen molar-refractivity contribution in [3.05, 3.63) is 0 Å². The van der Waals surface area contributed by atoms with Crippen molar-refractivity contribution < 1.29 is 0 Å². The lowest BCUT2D eigenvalue weighted by atomic mass is 9.57. The summed E-state index contributed by atoms with van der Waals surface area (Å²) in [5.74, 6) is 0.688. The molecule has 2 saturated heterocycles. The van der Waals surface area contributed by atoms with Gasteiger partial charge < -0.3 is 15.5 Å². The lowest BCUT2D eigenvalue weighted by Gasteiger charge is -2.47. The van der Waals surface area contributed by atoms with E-state index >= 15 is 0 Å². The van der Waals surface area contributed by atoms with Crippen molar-refractivity contribution in [2.45, 2.75) is 51.4 Å². The van der Waals surface area contributed by atoms with Gasteiger partial charge in [0.05, 0.1) is 0 Å². The van der Waals surface area contributed by atoms with E-state index in [9.17, 15) is 0 Å². The van der Waals surface area contributed by atoms with E-state index < -0.39 is 0 Å². The maximum atomic E-state index is 3.53. The third-order valence-corrected chi connectivity index (χ3v) is 5.36. The third-order valence-electron chi connectivity index (χ3n) is 5.36. The molecule has 0 aliphatic carbocycles. The topological polar surface area (TPSA) is 27.3 Å². The zero-order chi connectivity index (χ0) is 13.0. The Morgan fingerprint density at radius 1 is 1.28 bits per heavy atom. The summed E-state index contributed by atoms with van der Waals surface area (Å²) >= 11 is 0. The molecule has 0 aromatic heterocycles. The molecule has 3 nitrogen and oxygen atoms in total. The van der Waals surface area contributed by atoms with Gasteiger partial charge in [0.1, 0.15) is 7.28 Å². The van der Waals surface area contributed by atoms with Crippen molar-refractivity contribution in [1.29, 1.82) is 0 Å². The summed E-state index contributed by atoms with van der Waals surface area (Å²) in [4.78, 5) is 2.75. The minimum Gasteiger partial charge on any atom is -0.324 e. The van der Waals surface area contributed by atoms with E-state index in [1.165, 1.54) is 59.1 Å². The highest BCUT2D eigenvalue weighted by atomic mass is 15.2. The number of hydrogen-bond donors (Lipinski definition) is 2. The molecule has 0 aromatic rings. The Hall–Kier alpha value is -0.0551. The Morgan fingerprint density at radius 2 is 1.89 bits per heavy atom. The summed E-state index contributed by atoms with van der Waals surface area (Å²) in [6.07, 6.45) is 5.41. The molecule has 2 N–H and O–H groups in total. The molecular weight excluding hydrogens is 221 g/mol. The molecule has 0 amide bonds. The van der Waals surface area contributed by atoms with Crippen molar-refractivity contribution >= 4 is 7.28 Å². The van der Waals surface area contributed by atoms with E-state index in [1.807, 2.05) is 0 Å². The van der Waals surface area contributed by atoms with Crippen molar-refractivity contribution in [3.63, 3.8) is 0 Å². The molecule has 1 atom stereocenters. The van der Waals surface area contributed by atoms with Crippen LogP contribution in [-0.2, 0) is 0 Å². The van der Waals surface area contributed by atoms with Gasteiger partial charge in [0.15, 0.2) is 0 Å². The first-order valence-corrected chi connectivity index (χ1v) is 7.81. The molecule has 1 unspecified atom stereocenters. The molecule has 18 heavy (non-hydrogen) atoms. The van der Waals surface area contributed by atoms with Crippen LogP contribution in [0.1, 0.15) is 32.6 Å². The van der Waals surface area contributed by atoms with E-state index in [-0.39, 0.29) is 0 Å². The standard InChI is InChI=1S/C14H30BN3/c1-14(13(15-2)16-3)6-10-18(11-7-14)12-4-8-17-9-5-12/h12-13,15-17H,4-11H2,1-3H3. The largest absolute Gasteiger partial charge is 0.324 e. The monoisotopic (exact) mass is 251 g/mol. The first-order chi connectivity index (χ1) is 8.69. The number of nitrogens with one attached hydrogen (secondary N) is 2. The minimum atomic E-state index is 0.507. The van der Waals surface area contributed by atoms with Crippen molar-refractivity contribution in [3.8, 4) is 0 Å². The first kappa shape index (κ1) is 14.4. The molecule has 2 aliphatic heterocycles. The fraction of sp³-hybridized carbons (Fsp3) is 1.00. The maximum Gasteiger partial charge on any atom is 0.139 e. The number of hydrogen-bond acceptors (Lipinski definition) is 3. The van der Waals surface area contributed by atoms with E-state index in [0.29, 0.717) is 11.4 Å². The Kier molecular flexibility index (Phi) is 5.10. The second-order valence-electron chi connectivity index (χ2n) is 6.42. The zero-order valence-electron chi connectivity index (χ0n) is 12.5. The summed E-state index contributed by atoms with van der Waals surface area (Å²) in [7, 11) is 3.37. The molecule has 4 heteroatoms. The van der Waals surface area contributed by atoms with Gasteiger partial charge in [-0.3, -0.25) is 0 Å². The van der Waals surface area contributed by atoms with Crippen LogP contribution in [0, 0.1) is 5.41 Å². The molecule has 0 aromatic carbocycles. The van der Waals surface area contributed by atoms with Crippen molar-refractivity contribution in [2.75, 3.05) is 33.2 Å². The SMILES string of the molecule is CBC(NC)C1(C)CCN(C2CCNCC2)CC1. The first-order valence-electron chi connectivity index (χ1n) is 7.81. The van der Waals surface area contributed by atoms with Gasteiger partial charge >= 0.3 is 0 Å². The predicted octanol–water partition coefficient (Wildman–Crippen LogP) is 0.871. The second-order valence-corrected chi connectivity index (χ2v) is 6.42. The van der Waals surface area contributed by atoms with Crippen LogP contribution in [0.25, 0.3) is 0 Å². The lowest BCUT2D eigenvalue weighted by molar-refractivity contribution is 0.0635. The van der Waals surface area contributed by atoms with Gasteiger partial charge in [-0.15, -0.1) is 0 Å². The average molecular weight is 251 g/mol. The number of likely N-dealkylation sites (tertiary alicyclic amines) is 1.